The largest absolute Gasteiger partial charge is 0.477 e. The number of oxazole rings is 1. The number of carbonyl (C=O) groups excluding carboxylic acids is 1. The lowest BCUT2D eigenvalue weighted by atomic mass is 9.98. The number of hydrogen-bond donors (Lipinski definition) is 1. The Morgan fingerprint density at radius 1 is 1.43 bits per heavy atom. The number of likely N-dealkylation sites (tertiary alicyclic amines) is 1. The summed E-state index contributed by atoms with van der Waals surface area (Å²) in [6.45, 7) is 8.19. The molecule has 0 bridgehead atoms. The minimum atomic E-state index is -1.06. The molecule has 7 nitrogen and oxygen atoms in total. The first kappa shape index (κ1) is 20.3. The van der Waals surface area contributed by atoms with Crippen LogP contribution < -0.4 is 4.74 Å². The smallest absolute Gasteiger partial charge is 0.259 e. The van der Waals surface area contributed by atoms with Gasteiger partial charge >= 0.3 is 0 Å². The number of rotatable bonds is 6. The van der Waals surface area contributed by atoms with Gasteiger partial charge in [-0.05, 0) is 59.1 Å². The molecule has 1 unspecified atom stereocenters. The Labute approximate surface area is 165 Å². The normalized spacial score (nSPS) is 17.6. The first-order valence-electron chi connectivity index (χ1n) is 9.89. The van der Waals surface area contributed by atoms with Crippen molar-refractivity contribution in [3.05, 3.63) is 41.2 Å². The maximum Gasteiger partial charge on any atom is 0.259 e. The molecule has 0 radical (unpaired) electrons. The van der Waals surface area contributed by atoms with Gasteiger partial charge in [0.25, 0.3) is 5.91 Å². The Balaban J connectivity index is 1.82. The molecule has 28 heavy (non-hydrogen) atoms. The molecule has 1 atom stereocenters. The van der Waals surface area contributed by atoms with Gasteiger partial charge in [0.15, 0.2) is 5.89 Å². The van der Waals surface area contributed by atoms with Gasteiger partial charge in [0.2, 0.25) is 5.88 Å². The second-order valence-electron chi connectivity index (χ2n) is 7.71. The van der Waals surface area contributed by atoms with Gasteiger partial charge in [-0.15, -0.1) is 0 Å². The van der Waals surface area contributed by atoms with Crippen LogP contribution in [0, 0.1) is 6.92 Å². The van der Waals surface area contributed by atoms with Gasteiger partial charge in [-0.1, -0.05) is 0 Å². The van der Waals surface area contributed by atoms with Crippen LogP contribution in [0.25, 0.3) is 0 Å². The van der Waals surface area contributed by atoms with E-state index in [1.54, 1.807) is 39.1 Å². The van der Waals surface area contributed by atoms with Crippen molar-refractivity contribution in [1.82, 2.24) is 14.9 Å². The van der Waals surface area contributed by atoms with Gasteiger partial charge in [0, 0.05) is 25.2 Å². The number of ether oxygens (including phenoxy) is 1. The molecule has 1 saturated heterocycles. The van der Waals surface area contributed by atoms with E-state index in [1.165, 1.54) is 0 Å². The lowest BCUT2D eigenvalue weighted by Gasteiger charge is -2.35. The highest BCUT2D eigenvalue weighted by molar-refractivity contribution is 5.96. The lowest BCUT2D eigenvalue weighted by Crippen LogP contribution is -2.45. The minimum Gasteiger partial charge on any atom is -0.477 e. The molecule has 2 aromatic rings. The van der Waals surface area contributed by atoms with Gasteiger partial charge in [0.1, 0.15) is 22.6 Å². The molecule has 1 aliphatic heterocycles. The summed E-state index contributed by atoms with van der Waals surface area (Å²) in [5.41, 5.74) is -0.0326. The minimum absolute atomic E-state index is 0.0105. The Kier molecular flexibility index (Phi) is 6.03. The van der Waals surface area contributed by atoms with Crippen molar-refractivity contribution in [2.75, 3.05) is 13.2 Å². The molecule has 1 amide bonds. The number of aromatic nitrogens is 2. The van der Waals surface area contributed by atoms with Crippen LogP contribution in [0.4, 0.5) is 0 Å². The molecule has 0 saturated carbocycles. The van der Waals surface area contributed by atoms with Crippen LogP contribution in [-0.4, -0.2) is 45.1 Å². The van der Waals surface area contributed by atoms with Gasteiger partial charge in [-0.3, -0.25) is 4.79 Å². The third-order valence-corrected chi connectivity index (χ3v) is 5.00. The maximum absolute atomic E-state index is 13.2. The van der Waals surface area contributed by atoms with E-state index in [2.05, 4.69) is 9.97 Å². The molecule has 1 N–H and O–H groups in total. The monoisotopic (exact) mass is 387 g/mol. The number of aryl methyl sites for hydroxylation is 1. The molecular formula is C21H29N3O4. The van der Waals surface area contributed by atoms with E-state index in [0.717, 1.165) is 19.3 Å². The molecule has 1 fully saturated rings. The third kappa shape index (κ3) is 4.35. The van der Waals surface area contributed by atoms with E-state index in [-0.39, 0.29) is 11.9 Å². The van der Waals surface area contributed by atoms with Crippen LogP contribution in [0.15, 0.2) is 22.7 Å². The highest BCUT2D eigenvalue weighted by Gasteiger charge is 2.32. The fourth-order valence-electron chi connectivity index (χ4n) is 3.75. The average Bonchev–Trinajstić information content (AvgIpc) is 3.03. The Hall–Kier alpha value is -2.41. The second kappa shape index (κ2) is 8.31. The summed E-state index contributed by atoms with van der Waals surface area (Å²) in [6.07, 6.45) is 5.05. The van der Waals surface area contributed by atoms with Crippen molar-refractivity contribution in [2.24, 2.45) is 0 Å². The predicted octanol–water partition coefficient (Wildman–Crippen LogP) is 3.24. The predicted molar refractivity (Wildman–Crippen MR) is 104 cm³/mol. The van der Waals surface area contributed by atoms with E-state index in [9.17, 15) is 9.90 Å². The third-order valence-electron chi connectivity index (χ3n) is 5.00. The van der Waals surface area contributed by atoms with E-state index in [1.807, 2.05) is 11.8 Å². The van der Waals surface area contributed by atoms with Crippen LogP contribution >= 0.6 is 0 Å². The molecule has 3 rings (SSSR count). The summed E-state index contributed by atoms with van der Waals surface area (Å²) in [6, 6.07) is 3.50. The molecule has 7 heteroatoms. The summed E-state index contributed by atoms with van der Waals surface area (Å²) in [4.78, 5) is 23.8. The van der Waals surface area contributed by atoms with Crippen LogP contribution in [0.5, 0.6) is 5.88 Å². The van der Waals surface area contributed by atoms with Crippen molar-refractivity contribution in [1.29, 1.82) is 0 Å². The van der Waals surface area contributed by atoms with Crippen LogP contribution in [0.3, 0.4) is 0 Å². The fraction of sp³-hybridized carbons (Fsp3) is 0.571. The van der Waals surface area contributed by atoms with E-state index in [0.29, 0.717) is 48.4 Å². The average molecular weight is 387 g/mol. The summed E-state index contributed by atoms with van der Waals surface area (Å²) in [5.74, 6) is 1.46. The summed E-state index contributed by atoms with van der Waals surface area (Å²) in [5, 5.41) is 10.3. The first-order chi connectivity index (χ1) is 13.3. The SMILES string of the molecule is CCOc1ncccc1C(=O)N1CCCCC1Cc1nc(C(C)(C)O)c(C)o1. The Morgan fingerprint density at radius 3 is 2.89 bits per heavy atom. The molecule has 0 aliphatic carbocycles. The number of piperidine rings is 1. The first-order valence-corrected chi connectivity index (χ1v) is 9.89. The number of amides is 1. The summed E-state index contributed by atoms with van der Waals surface area (Å²) >= 11 is 0. The molecular weight excluding hydrogens is 358 g/mol. The number of hydrogen-bond acceptors (Lipinski definition) is 6. The summed E-state index contributed by atoms with van der Waals surface area (Å²) < 4.78 is 11.3. The van der Waals surface area contributed by atoms with Crippen LogP contribution in [-0.2, 0) is 12.0 Å². The molecule has 0 spiro atoms. The maximum atomic E-state index is 13.2. The van der Waals surface area contributed by atoms with Crippen LogP contribution in [0.1, 0.15) is 67.7 Å². The van der Waals surface area contributed by atoms with E-state index < -0.39 is 5.60 Å². The molecule has 2 aromatic heterocycles. The highest BCUT2D eigenvalue weighted by Crippen LogP contribution is 2.28. The van der Waals surface area contributed by atoms with Crippen LogP contribution in [0.2, 0.25) is 0 Å². The highest BCUT2D eigenvalue weighted by atomic mass is 16.5. The molecule has 1 aliphatic rings. The topological polar surface area (TPSA) is 88.7 Å². The van der Waals surface area contributed by atoms with Crippen molar-refractivity contribution in [3.63, 3.8) is 0 Å². The molecule has 0 aromatic carbocycles. The fourth-order valence-corrected chi connectivity index (χ4v) is 3.75. The number of pyridine rings is 1. The molecule has 152 valence electrons. The zero-order valence-electron chi connectivity index (χ0n) is 17.1. The van der Waals surface area contributed by atoms with Gasteiger partial charge in [-0.25, -0.2) is 9.97 Å². The van der Waals surface area contributed by atoms with Crippen molar-refractivity contribution in [3.8, 4) is 5.88 Å². The van der Waals surface area contributed by atoms with Crippen molar-refractivity contribution < 1.29 is 19.1 Å². The Bertz CT molecular complexity index is 825. The zero-order valence-corrected chi connectivity index (χ0v) is 17.1. The van der Waals surface area contributed by atoms with E-state index >= 15 is 0 Å². The number of carbonyl (C=O) groups is 1. The Morgan fingerprint density at radius 2 is 2.21 bits per heavy atom. The number of aliphatic hydroxyl groups is 1. The van der Waals surface area contributed by atoms with Crippen molar-refractivity contribution >= 4 is 5.91 Å². The van der Waals surface area contributed by atoms with Gasteiger partial charge in [-0.2, -0.15) is 0 Å². The standard InChI is InChI=1S/C21H29N3O4/c1-5-27-19-16(10-8-11-22-19)20(25)24-12-7-6-9-15(24)13-17-23-18(14(2)28-17)21(3,4)26/h8,10-11,15,26H,5-7,9,12-13H2,1-4H3. The van der Waals surface area contributed by atoms with Gasteiger partial charge < -0.3 is 19.2 Å². The van der Waals surface area contributed by atoms with Crippen molar-refractivity contribution in [2.45, 2.75) is 65.0 Å². The lowest BCUT2D eigenvalue weighted by molar-refractivity contribution is 0.0599. The number of nitrogens with zero attached hydrogens (tertiary/aromatic N) is 3. The summed E-state index contributed by atoms with van der Waals surface area (Å²) in [7, 11) is 0. The molecule has 3 heterocycles. The van der Waals surface area contributed by atoms with E-state index in [4.69, 9.17) is 9.15 Å². The van der Waals surface area contributed by atoms with Gasteiger partial charge in [0.05, 0.1) is 6.61 Å². The second-order valence-corrected chi connectivity index (χ2v) is 7.71. The quantitative estimate of drug-likeness (QED) is 0.819. The zero-order chi connectivity index (χ0) is 20.3.